The van der Waals surface area contributed by atoms with Crippen LogP contribution in [0.3, 0.4) is 0 Å². The van der Waals surface area contributed by atoms with E-state index in [1.165, 1.54) is 10.9 Å². The normalized spacial score (nSPS) is 14.3. The zero-order chi connectivity index (χ0) is 15.0. The molecule has 1 aromatic heterocycles. The summed E-state index contributed by atoms with van der Waals surface area (Å²) in [7, 11) is 1.98. The summed E-state index contributed by atoms with van der Waals surface area (Å²) in [6, 6.07) is 16.7. The molecule has 0 aliphatic rings. The van der Waals surface area contributed by atoms with Gasteiger partial charge in [-0.2, -0.15) is 5.10 Å². The Morgan fingerprint density at radius 1 is 1.10 bits per heavy atom. The number of hydrogen-bond acceptors (Lipinski definition) is 2. The number of fused-ring (bicyclic) bond motifs is 1. The summed E-state index contributed by atoms with van der Waals surface area (Å²) in [5.74, 6) is 0. The van der Waals surface area contributed by atoms with Crippen molar-refractivity contribution in [2.24, 2.45) is 12.8 Å². The third kappa shape index (κ3) is 2.57. The van der Waals surface area contributed by atoms with E-state index in [0.29, 0.717) is 0 Å². The molecule has 21 heavy (non-hydrogen) atoms. The minimum absolute atomic E-state index is 0.426. The molecule has 1 heterocycles. The molecule has 1 atom stereocenters. The van der Waals surface area contributed by atoms with Gasteiger partial charge >= 0.3 is 0 Å². The zero-order valence-corrected chi connectivity index (χ0v) is 12.8. The van der Waals surface area contributed by atoms with Crippen LogP contribution < -0.4 is 5.73 Å². The largest absolute Gasteiger partial charge is 0.321 e. The number of hydrogen-bond donors (Lipinski definition) is 1. The lowest BCUT2D eigenvalue weighted by molar-refractivity contribution is 0.483. The Kier molecular flexibility index (Phi) is 3.30. The highest BCUT2D eigenvalue weighted by atomic mass is 15.3. The van der Waals surface area contributed by atoms with Gasteiger partial charge in [0.25, 0.3) is 0 Å². The minimum Gasteiger partial charge on any atom is -0.321 e. The molecule has 3 aromatic rings. The fraction of sp³-hybridized carbons (Fsp3) is 0.278. The molecule has 0 bridgehead atoms. The molecule has 1 unspecified atom stereocenters. The Morgan fingerprint density at radius 3 is 2.48 bits per heavy atom. The van der Waals surface area contributed by atoms with Gasteiger partial charge in [0.1, 0.15) is 0 Å². The molecule has 0 saturated heterocycles. The molecular formula is C18H21N3. The predicted molar refractivity (Wildman–Crippen MR) is 87.1 cm³/mol. The van der Waals surface area contributed by atoms with E-state index in [2.05, 4.69) is 55.3 Å². The molecule has 108 valence electrons. The first-order valence-corrected chi connectivity index (χ1v) is 7.24. The van der Waals surface area contributed by atoms with Gasteiger partial charge in [0.15, 0.2) is 0 Å². The van der Waals surface area contributed by atoms with Crippen molar-refractivity contribution >= 4 is 10.9 Å². The van der Waals surface area contributed by atoms with Gasteiger partial charge in [-0.25, -0.2) is 0 Å². The Balaban J connectivity index is 1.99. The van der Waals surface area contributed by atoms with Crippen LogP contribution in [0.1, 0.15) is 23.7 Å². The van der Waals surface area contributed by atoms with Crippen LogP contribution in [0.15, 0.2) is 48.5 Å². The van der Waals surface area contributed by atoms with Crippen LogP contribution >= 0.6 is 0 Å². The summed E-state index contributed by atoms with van der Waals surface area (Å²) in [4.78, 5) is 0. The molecule has 0 amide bonds. The second-order valence-corrected chi connectivity index (χ2v) is 6.05. The number of nitrogens with zero attached hydrogens (tertiary/aromatic N) is 2. The van der Waals surface area contributed by atoms with E-state index >= 15 is 0 Å². The lowest BCUT2D eigenvalue weighted by Gasteiger charge is -2.24. The standard InChI is InChI=1S/C18H21N3/c1-13-8-10-14(11-9-13)18(2,19)12-16-15-6-4-5-7-17(15)21(3)20-16/h4-11H,12,19H2,1-3H3. The Bertz CT molecular complexity index is 767. The molecule has 3 nitrogen and oxygen atoms in total. The van der Waals surface area contributed by atoms with E-state index in [-0.39, 0.29) is 0 Å². The van der Waals surface area contributed by atoms with Crippen LogP contribution in [-0.4, -0.2) is 9.78 Å². The van der Waals surface area contributed by atoms with E-state index in [4.69, 9.17) is 5.73 Å². The van der Waals surface area contributed by atoms with Crippen molar-refractivity contribution in [2.45, 2.75) is 25.8 Å². The van der Waals surface area contributed by atoms with Crippen LogP contribution in [0, 0.1) is 6.92 Å². The molecule has 0 radical (unpaired) electrons. The van der Waals surface area contributed by atoms with Gasteiger partial charge in [-0.1, -0.05) is 48.0 Å². The summed E-state index contributed by atoms with van der Waals surface area (Å²) >= 11 is 0. The molecule has 3 rings (SSSR count). The van der Waals surface area contributed by atoms with Gasteiger partial charge in [0.05, 0.1) is 11.2 Å². The first-order chi connectivity index (χ1) is 9.97. The van der Waals surface area contributed by atoms with Gasteiger partial charge < -0.3 is 5.73 Å². The summed E-state index contributed by atoms with van der Waals surface area (Å²) in [5, 5.41) is 5.84. The number of nitrogens with two attached hydrogens (primary N) is 1. The number of benzene rings is 2. The van der Waals surface area contributed by atoms with Gasteiger partial charge in [0, 0.05) is 24.4 Å². The maximum Gasteiger partial charge on any atom is 0.0724 e. The molecule has 2 aromatic carbocycles. The number of para-hydroxylation sites is 1. The maximum absolute atomic E-state index is 6.57. The fourth-order valence-corrected chi connectivity index (χ4v) is 2.80. The first kappa shape index (κ1) is 13.8. The minimum atomic E-state index is -0.426. The Labute approximate surface area is 125 Å². The van der Waals surface area contributed by atoms with Crippen molar-refractivity contribution in [2.75, 3.05) is 0 Å². The lowest BCUT2D eigenvalue weighted by Crippen LogP contribution is -2.35. The maximum atomic E-state index is 6.57. The molecule has 0 fully saturated rings. The van der Waals surface area contributed by atoms with Crippen molar-refractivity contribution in [3.63, 3.8) is 0 Å². The highest BCUT2D eigenvalue weighted by Gasteiger charge is 2.24. The van der Waals surface area contributed by atoms with Crippen LogP contribution in [0.25, 0.3) is 10.9 Å². The molecule has 0 aliphatic heterocycles. The topological polar surface area (TPSA) is 43.8 Å². The van der Waals surface area contributed by atoms with Crippen LogP contribution in [-0.2, 0) is 19.0 Å². The third-order valence-corrected chi connectivity index (χ3v) is 4.08. The van der Waals surface area contributed by atoms with Crippen molar-refractivity contribution in [3.8, 4) is 0 Å². The van der Waals surface area contributed by atoms with E-state index < -0.39 is 5.54 Å². The smallest absolute Gasteiger partial charge is 0.0724 e. The first-order valence-electron chi connectivity index (χ1n) is 7.24. The van der Waals surface area contributed by atoms with Gasteiger partial charge in [-0.05, 0) is 25.5 Å². The van der Waals surface area contributed by atoms with E-state index in [1.807, 2.05) is 23.9 Å². The van der Waals surface area contributed by atoms with Gasteiger partial charge in [-0.3, -0.25) is 4.68 Å². The monoisotopic (exact) mass is 279 g/mol. The third-order valence-electron chi connectivity index (χ3n) is 4.08. The molecule has 0 spiro atoms. The molecule has 3 heteroatoms. The second-order valence-electron chi connectivity index (χ2n) is 6.05. The Morgan fingerprint density at radius 2 is 1.76 bits per heavy atom. The van der Waals surface area contributed by atoms with Crippen molar-refractivity contribution in [1.29, 1.82) is 0 Å². The summed E-state index contributed by atoms with van der Waals surface area (Å²) in [5.41, 5.74) is 10.7. The molecular weight excluding hydrogens is 258 g/mol. The SMILES string of the molecule is Cc1ccc(C(C)(N)Cc2nn(C)c3ccccc23)cc1. The number of aromatic nitrogens is 2. The number of aryl methyl sites for hydroxylation is 2. The Hall–Kier alpha value is -2.13. The van der Waals surface area contributed by atoms with E-state index in [9.17, 15) is 0 Å². The fourth-order valence-electron chi connectivity index (χ4n) is 2.80. The van der Waals surface area contributed by atoms with E-state index in [1.54, 1.807) is 0 Å². The van der Waals surface area contributed by atoms with Crippen LogP contribution in [0.4, 0.5) is 0 Å². The van der Waals surface area contributed by atoms with Crippen LogP contribution in [0.2, 0.25) is 0 Å². The zero-order valence-electron chi connectivity index (χ0n) is 12.8. The highest BCUT2D eigenvalue weighted by molar-refractivity contribution is 5.82. The molecule has 2 N–H and O–H groups in total. The highest BCUT2D eigenvalue weighted by Crippen LogP contribution is 2.26. The average molecular weight is 279 g/mol. The summed E-state index contributed by atoms with van der Waals surface area (Å²) in [6.07, 6.45) is 0.720. The van der Waals surface area contributed by atoms with Crippen molar-refractivity contribution < 1.29 is 0 Å². The number of rotatable bonds is 3. The van der Waals surface area contributed by atoms with Crippen molar-refractivity contribution in [3.05, 3.63) is 65.4 Å². The quantitative estimate of drug-likeness (QED) is 0.799. The van der Waals surface area contributed by atoms with Crippen molar-refractivity contribution in [1.82, 2.24) is 9.78 Å². The predicted octanol–water partition coefficient (Wildman–Crippen LogP) is 3.30. The summed E-state index contributed by atoms with van der Waals surface area (Å²) in [6.45, 7) is 4.16. The summed E-state index contributed by atoms with van der Waals surface area (Å²) < 4.78 is 1.93. The molecule has 0 aliphatic carbocycles. The van der Waals surface area contributed by atoms with Gasteiger partial charge in [0.2, 0.25) is 0 Å². The van der Waals surface area contributed by atoms with Gasteiger partial charge in [-0.15, -0.1) is 0 Å². The molecule has 0 saturated carbocycles. The van der Waals surface area contributed by atoms with E-state index in [0.717, 1.165) is 23.2 Å². The van der Waals surface area contributed by atoms with Crippen LogP contribution in [0.5, 0.6) is 0 Å². The average Bonchev–Trinajstić information content (AvgIpc) is 2.76. The lowest BCUT2D eigenvalue weighted by atomic mass is 9.87. The second kappa shape index (κ2) is 5.01.